The van der Waals surface area contributed by atoms with Gasteiger partial charge in [0.2, 0.25) is 0 Å². The fourth-order valence-electron chi connectivity index (χ4n) is 2.24. The average Bonchev–Trinajstić information content (AvgIpc) is 2.58. The van der Waals surface area contributed by atoms with Crippen molar-refractivity contribution in [3.05, 3.63) is 11.9 Å². The Morgan fingerprint density at radius 2 is 2.14 bits per heavy atom. The van der Waals surface area contributed by atoms with E-state index in [1.165, 1.54) is 0 Å². The Balaban J connectivity index is 2.25. The Morgan fingerprint density at radius 3 is 2.68 bits per heavy atom. The first-order valence-corrected chi connectivity index (χ1v) is 7.52. The Bertz CT molecular complexity index is 391. The van der Waals surface area contributed by atoms with Gasteiger partial charge in [0, 0.05) is 40.0 Å². The van der Waals surface area contributed by atoms with E-state index < -0.39 is 0 Å². The van der Waals surface area contributed by atoms with Crippen molar-refractivity contribution in [1.82, 2.24) is 4.90 Å². The zero-order valence-corrected chi connectivity index (χ0v) is 13.5. The van der Waals surface area contributed by atoms with E-state index in [4.69, 9.17) is 15.2 Å². The lowest BCUT2D eigenvalue weighted by Crippen LogP contribution is -2.41. The molecule has 0 bridgehead atoms. The maximum absolute atomic E-state index is 12.3. The normalized spacial score (nSPS) is 18.5. The smallest absolute Gasteiger partial charge is 0.120 e. The highest BCUT2D eigenvalue weighted by Crippen LogP contribution is 2.13. The van der Waals surface area contributed by atoms with Crippen LogP contribution in [0.25, 0.3) is 0 Å². The van der Waals surface area contributed by atoms with Gasteiger partial charge in [-0.05, 0) is 18.4 Å². The molecule has 0 aromatic heterocycles. The number of likely N-dealkylation sites (tertiary alicyclic amines) is 1. The quantitative estimate of drug-likeness (QED) is 0.412. The van der Waals surface area contributed by atoms with Gasteiger partial charge in [-0.25, -0.2) is 4.39 Å². The number of aliphatic imine (C=N–C) groups is 2. The second-order valence-corrected chi connectivity index (χ2v) is 5.07. The number of hydrogen-bond donors (Lipinski definition) is 1. The van der Waals surface area contributed by atoms with Crippen molar-refractivity contribution in [3.63, 3.8) is 0 Å². The highest BCUT2D eigenvalue weighted by Gasteiger charge is 2.20. The maximum Gasteiger partial charge on any atom is 0.120 e. The van der Waals surface area contributed by atoms with Crippen LogP contribution in [0.4, 0.5) is 4.39 Å². The van der Waals surface area contributed by atoms with Gasteiger partial charge in [0.15, 0.2) is 0 Å². The number of halogens is 1. The Morgan fingerprint density at radius 1 is 1.41 bits per heavy atom. The van der Waals surface area contributed by atoms with Gasteiger partial charge in [-0.3, -0.25) is 9.98 Å². The first-order chi connectivity index (χ1) is 10.7. The third-order valence-electron chi connectivity index (χ3n) is 3.66. The molecule has 0 saturated carbocycles. The number of rotatable bonds is 8. The van der Waals surface area contributed by atoms with Crippen molar-refractivity contribution in [1.29, 1.82) is 0 Å². The van der Waals surface area contributed by atoms with Crippen molar-refractivity contribution in [2.24, 2.45) is 15.7 Å². The molecule has 0 aromatic carbocycles. The summed E-state index contributed by atoms with van der Waals surface area (Å²) < 4.78 is 22.9. The Hall–Kier alpha value is -1.31. The minimum absolute atomic E-state index is 0.164. The lowest BCUT2D eigenvalue weighted by Gasteiger charge is -2.33. The molecule has 1 heterocycles. The van der Waals surface area contributed by atoms with Crippen molar-refractivity contribution in [2.45, 2.75) is 18.9 Å². The van der Waals surface area contributed by atoms with Gasteiger partial charge in [0.25, 0.3) is 0 Å². The molecule has 0 spiro atoms. The molecule has 0 amide bonds. The molecule has 22 heavy (non-hydrogen) atoms. The van der Waals surface area contributed by atoms with Crippen LogP contribution in [0.15, 0.2) is 21.9 Å². The van der Waals surface area contributed by atoms with Crippen LogP contribution in [-0.4, -0.2) is 76.6 Å². The molecule has 1 fully saturated rings. The molecule has 0 aliphatic carbocycles. The van der Waals surface area contributed by atoms with Crippen LogP contribution in [0.2, 0.25) is 0 Å². The van der Waals surface area contributed by atoms with Gasteiger partial charge < -0.3 is 20.1 Å². The van der Waals surface area contributed by atoms with E-state index in [9.17, 15) is 4.39 Å². The van der Waals surface area contributed by atoms with E-state index in [-0.39, 0.29) is 13.2 Å². The number of amidine groups is 1. The van der Waals surface area contributed by atoms with Gasteiger partial charge in [-0.15, -0.1) is 0 Å². The second kappa shape index (κ2) is 11.3. The van der Waals surface area contributed by atoms with Crippen LogP contribution in [0.3, 0.4) is 0 Å². The molecular weight excluding hydrogens is 287 g/mol. The predicted octanol–water partition coefficient (Wildman–Crippen LogP) is 1.03. The van der Waals surface area contributed by atoms with Gasteiger partial charge in [-0.2, -0.15) is 0 Å². The molecule has 0 unspecified atom stereocenters. The molecule has 6 nitrogen and oxygen atoms in total. The molecule has 1 saturated heterocycles. The molecule has 0 radical (unpaired) electrons. The largest absolute Gasteiger partial charge is 0.381 e. The van der Waals surface area contributed by atoms with Crippen molar-refractivity contribution < 1.29 is 13.9 Å². The number of methoxy groups -OCH3 is 1. The lowest BCUT2D eigenvalue weighted by molar-refractivity contribution is 0.0576. The highest BCUT2D eigenvalue weighted by atomic mass is 19.1. The third-order valence-corrected chi connectivity index (χ3v) is 3.66. The maximum atomic E-state index is 12.3. The molecule has 2 N–H and O–H groups in total. The van der Waals surface area contributed by atoms with Gasteiger partial charge in [0.1, 0.15) is 5.84 Å². The van der Waals surface area contributed by atoms with Crippen molar-refractivity contribution >= 4 is 12.1 Å². The fourth-order valence-corrected chi connectivity index (χ4v) is 2.24. The summed E-state index contributed by atoms with van der Waals surface area (Å²) in [6, 6.07) is 0. The first kappa shape index (κ1) is 18.7. The van der Waals surface area contributed by atoms with Gasteiger partial charge >= 0.3 is 0 Å². The van der Waals surface area contributed by atoms with E-state index in [1.807, 2.05) is 0 Å². The van der Waals surface area contributed by atoms with Crippen LogP contribution in [0, 0.1) is 0 Å². The van der Waals surface area contributed by atoms with Crippen LogP contribution in [-0.2, 0) is 9.47 Å². The topological polar surface area (TPSA) is 72.4 Å². The summed E-state index contributed by atoms with van der Waals surface area (Å²) in [6.45, 7) is 3.10. The minimum Gasteiger partial charge on any atom is -0.381 e. The lowest BCUT2D eigenvalue weighted by atomic mass is 10.1. The van der Waals surface area contributed by atoms with Crippen LogP contribution in [0.1, 0.15) is 12.8 Å². The first-order valence-electron chi connectivity index (χ1n) is 7.52. The summed E-state index contributed by atoms with van der Waals surface area (Å²) in [4.78, 5) is 10.9. The zero-order chi connectivity index (χ0) is 16.2. The van der Waals surface area contributed by atoms with E-state index in [0.717, 1.165) is 31.8 Å². The summed E-state index contributed by atoms with van der Waals surface area (Å²) in [5.74, 6) is 0.970. The van der Waals surface area contributed by atoms with E-state index >= 15 is 0 Å². The van der Waals surface area contributed by atoms with Crippen molar-refractivity contribution in [3.8, 4) is 0 Å². The van der Waals surface area contributed by atoms with Crippen LogP contribution in [0.5, 0.6) is 0 Å². The van der Waals surface area contributed by atoms with E-state index in [2.05, 4.69) is 14.9 Å². The van der Waals surface area contributed by atoms with Gasteiger partial charge in [-0.1, -0.05) is 0 Å². The Kier molecular flexibility index (Phi) is 9.61. The highest BCUT2D eigenvalue weighted by molar-refractivity contribution is 5.85. The van der Waals surface area contributed by atoms with E-state index in [1.54, 1.807) is 20.4 Å². The SMILES string of the molecule is C/N=C(\C/N=C\COC/C(=C\F)CN)N1CCC(OC)CC1. The summed E-state index contributed by atoms with van der Waals surface area (Å²) in [7, 11) is 3.54. The molecule has 0 aromatic rings. The minimum atomic E-state index is 0.164. The van der Waals surface area contributed by atoms with Crippen LogP contribution < -0.4 is 5.73 Å². The molecular formula is C15H27FN4O2. The third kappa shape index (κ3) is 6.64. The molecule has 1 rings (SSSR count). The molecule has 1 aliphatic heterocycles. The van der Waals surface area contributed by atoms with E-state index in [0.29, 0.717) is 31.2 Å². The van der Waals surface area contributed by atoms with Gasteiger partial charge in [0.05, 0.1) is 32.2 Å². The summed E-state index contributed by atoms with van der Waals surface area (Å²) in [5, 5.41) is 0. The second-order valence-electron chi connectivity index (χ2n) is 5.07. The summed E-state index contributed by atoms with van der Waals surface area (Å²) >= 11 is 0. The Labute approximate surface area is 131 Å². The number of nitrogens with zero attached hydrogens (tertiary/aromatic N) is 3. The number of nitrogens with two attached hydrogens (primary N) is 1. The fraction of sp³-hybridized carbons (Fsp3) is 0.733. The number of ether oxygens (including phenoxy) is 2. The summed E-state index contributed by atoms with van der Waals surface area (Å²) in [6.07, 6.45) is 4.55. The molecule has 126 valence electrons. The monoisotopic (exact) mass is 314 g/mol. The number of piperidine rings is 1. The predicted molar refractivity (Wildman–Crippen MR) is 87.4 cm³/mol. The molecule has 0 atom stereocenters. The summed E-state index contributed by atoms with van der Waals surface area (Å²) in [5.41, 5.74) is 5.77. The van der Waals surface area contributed by atoms with Crippen molar-refractivity contribution in [2.75, 3.05) is 53.6 Å². The molecule has 7 heteroatoms. The zero-order valence-electron chi connectivity index (χ0n) is 13.5. The average molecular weight is 314 g/mol. The number of hydrogen-bond acceptors (Lipinski definition) is 5. The van der Waals surface area contributed by atoms with Crippen LogP contribution >= 0.6 is 0 Å². The standard InChI is InChI=1S/C15H27FN4O2/c1-18-15(20-6-3-14(21-2)4-7-20)11-19-5-8-22-12-13(9-16)10-17/h5,9,14H,3-4,6-8,10-12,17H2,1-2H3/b13-9-,18-15+,19-5-. The molecule has 1 aliphatic rings.